The molecule has 1 saturated heterocycles. The molecule has 31 heavy (non-hydrogen) atoms. The standard InChI is InChI=1S/C22H24N4O4S/c1-30-12-9-23-21(28)20-19(16-5-2-3-6-17(16)31-20)15-7-11-25(13-15)18(27)14-26-10-4-8-24-22(26)29/h2-6,8,10,15H,7,9,11-14H2,1H3,(H,23,28). The van der Waals surface area contributed by atoms with E-state index in [1.165, 1.54) is 22.1 Å². The van der Waals surface area contributed by atoms with Gasteiger partial charge in [-0.3, -0.25) is 14.2 Å². The van der Waals surface area contributed by atoms with Gasteiger partial charge in [-0.15, -0.1) is 11.3 Å². The zero-order chi connectivity index (χ0) is 21.8. The summed E-state index contributed by atoms with van der Waals surface area (Å²) in [7, 11) is 1.60. The van der Waals surface area contributed by atoms with E-state index < -0.39 is 5.69 Å². The fourth-order valence-electron chi connectivity index (χ4n) is 3.96. The smallest absolute Gasteiger partial charge is 0.347 e. The Bertz CT molecular complexity index is 1160. The van der Waals surface area contributed by atoms with Crippen molar-refractivity contribution in [3.63, 3.8) is 0 Å². The highest BCUT2D eigenvalue weighted by Crippen LogP contribution is 2.40. The highest BCUT2D eigenvalue weighted by molar-refractivity contribution is 7.21. The first-order chi connectivity index (χ1) is 15.1. The second-order valence-electron chi connectivity index (χ2n) is 7.45. The Hall–Kier alpha value is -3.04. The predicted molar refractivity (Wildman–Crippen MR) is 118 cm³/mol. The van der Waals surface area contributed by atoms with Crippen molar-refractivity contribution < 1.29 is 14.3 Å². The van der Waals surface area contributed by atoms with Crippen molar-refractivity contribution in [3.8, 4) is 0 Å². The predicted octanol–water partition coefficient (Wildman–Crippen LogP) is 1.85. The van der Waals surface area contributed by atoms with Gasteiger partial charge in [0.2, 0.25) is 5.91 Å². The lowest BCUT2D eigenvalue weighted by Gasteiger charge is -2.18. The number of nitrogens with zero attached hydrogens (tertiary/aromatic N) is 3. The first-order valence-corrected chi connectivity index (χ1v) is 11.0. The molecule has 0 radical (unpaired) electrons. The van der Waals surface area contributed by atoms with Crippen LogP contribution in [0.15, 0.2) is 47.5 Å². The lowest BCUT2D eigenvalue weighted by atomic mass is 9.95. The second kappa shape index (κ2) is 9.40. The normalized spacial score (nSPS) is 16.0. The van der Waals surface area contributed by atoms with Crippen LogP contribution in [0.4, 0.5) is 0 Å². The lowest BCUT2D eigenvalue weighted by molar-refractivity contribution is -0.130. The van der Waals surface area contributed by atoms with Gasteiger partial charge in [0, 0.05) is 49.8 Å². The van der Waals surface area contributed by atoms with Crippen LogP contribution in [0.1, 0.15) is 27.6 Å². The molecule has 1 N–H and O–H groups in total. The summed E-state index contributed by atoms with van der Waals surface area (Å²) < 4.78 is 7.40. The summed E-state index contributed by atoms with van der Waals surface area (Å²) in [6.45, 7) is 1.97. The summed E-state index contributed by atoms with van der Waals surface area (Å²) in [5.74, 6) is -0.169. The Morgan fingerprint density at radius 3 is 2.94 bits per heavy atom. The number of nitrogens with one attached hydrogen (secondary N) is 1. The quantitative estimate of drug-likeness (QED) is 0.566. The van der Waals surface area contributed by atoms with Crippen molar-refractivity contribution in [2.24, 2.45) is 0 Å². The Kier molecular flexibility index (Phi) is 6.43. The van der Waals surface area contributed by atoms with Crippen LogP contribution >= 0.6 is 11.3 Å². The van der Waals surface area contributed by atoms with Crippen molar-refractivity contribution in [1.82, 2.24) is 19.8 Å². The van der Waals surface area contributed by atoms with Crippen molar-refractivity contribution in [1.29, 1.82) is 0 Å². The van der Waals surface area contributed by atoms with Crippen LogP contribution in [0, 0.1) is 0 Å². The van der Waals surface area contributed by atoms with Crippen molar-refractivity contribution >= 4 is 33.2 Å². The van der Waals surface area contributed by atoms with Gasteiger partial charge in [0.1, 0.15) is 6.54 Å². The number of hydrogen-bond acceptors (Lipinski definition) is 6. The minimum Gasteiger partial charge on any atom is -0.383 e. The van der Waals surface area contributed by atoms with E-state index in [-0.39, 0.29) is 24.3 Å². The molecule has 1 unspecified atom stereocenters. The molecule has 3 heterocycles. The van der Waals surface area contributed by atoms with Crippen molar-refractivity contribution in [2.45, 2.75) is 18.9 Å². The molecule has 2 aromatic heterocycles. The average Bonchev–Trinajstić information content (AvgIpc) is 3.40. The number of hydrogen-bond donors (Lipinski definition) is 1. The number of ether oxygens (including phenoxy) is 1. The SMILES string of the molecule is COCCNC(=O)c1sc2ccccc2c1C1CCN(C(=O)Cn2cccnc2=O)C1. The Morgan fingerprint density at radius 1 is 1.29 bits per heavy atom. The van der Waals surface area contributed by atoms with Crippen molar-refractivity contribution in [3.05, 3.63) is 63.7 Å². The Balaban J connectivity index is 1.55. The molecule has 4 rings (SSSR count). The molecule has 1 aromatic carbocycles. The third-order valence-corrected chi connectivity index (χ3v) is 6.65. The molecule has 162 valence electrons. The van der Waals surface area contributed by atoms with E-state index in [4.69, 9.17) is 4.74 Å². The second-order valence-corrected chi connectivity index (χ2v) is 8.50. The molecule has 8 nitrogen and oxygen atoms in total. The monoisotopic (exact) mass is 440 g/mol. The topological polar surface area (TPSA) is 93.5 Å². The molecule has 1 atom stereocenters. The number of fused-ring (bicyclic) bond motifs is 1. The molecular formula is C22H24N4O4S. The third kappa shape index (κ3) is 4.52. The molecule has 1 aliphatic heterocycles. The maximum Gasteiger partial charge on any atom is 0.347 e. The van der Waals surface area contributed by atoms with Gasteiger partial charge in [0.15, 0.2) is 0 Å². The van der Waals surface area contributed by atoms with Crippen LogP contribution in [-0.2, 0) is 16.1 Å². The number of amides is 2. The Morgan fingerprint density at radius 2 is 2.13 bits per heavy atom. The van der Waals surface area contributed by atoms with Crippen LogP contribution in [0.25, 0.3) is 10.1 Å². The van der Waals surface area contributed by atoms with E-state index in [0.29, 0.717) is 31.1 Å². The zero-order valence-electron chi connectivity index (χ0n) is 17.2. The van der Waals surface area contributed by atoms with Crippen LogP contribution < -0.4 is 11.0 Å². The third-order valence-electron chi connectivity index (χ3n) is 5.47. The summed E-state index contributed by atoms with van der Waals surface area (Å²) >= 11 is 1.48. The summed E-state index contributed by atoms with van der Waals surface area (Å²) in [4.78, 5) is 43.6. The number of rotatable bonds is 7. The fourth-order valence-corrected chi connectivity index (χ4v) is 5.17. The number of benzene rings is 1. The maximum atomic E-state index is 12.9. The van der Waals surface area contributed by atoms with E-state index >= 15 is 0 Å². The molecule has 0 saturated carbocycles. The maximum absolute atomic E-state index is 12.9. The molecule has 9 heteroatoms. The van der Waals surface area contributed by atoms with Gasteiger partial charge >= 0.3 is 5.69 Å². The molecule has 1 aliphatic rings. The summed E-state index contributed by atoms with van der Waals surface area (Å²) in [6, 6.07) is 9.62. The number of carbonyl (C=O) groups excluding carboxylic acids is 2. The minimum atomic E-state index is -0.439. The lowest BCUT2D eigenvalue weighted by Crippen LogP contribution is -2.35. The van der Waals surface area contributed by atoms with E-state index in [1.54, 1.807) is 24.3 Å². The van der Waals surface area contributed by atoms with Gasteiger partial charge in [0.05, 0.1) is 11.5 Å². The summed E-state index contributed by atoms with van der Waals surface area (Å²) in [5, 5.41) is 3.98. The molecule has 3 aromatic rings. The van der Waals surface area contributed by atoms with Gasteiger partial charge in [-0.2, -0.15) is 0 Å². The number of carbonyl (C=O) groups is 2. The number of aromatic nitrogens is 2. The average molecular weight is 441 g/mol. The largest absolute Gasteiger partial charge is 0.383 e. The summed E-state index contributed by atoms with van der Waals surface area (Å²) in [6.07, 6.45) is 3.75. The van der Waals surface area contributed by atoms with Crippen molar-refractivity contribution in [2.75, 3.05) is 33.4 Å². The van der Waals surface area contributed by atoms with Gasteiger partial charge in [-0.05, 0) is 29.5 Å². The zero-order valence-corrected chi connectivity index (χ0v) is 18.1. The first kappa shape index (κ1) is 21.2. The molecule has 1 fully saturated rings. The van der Waals surface area contributed by atoms with E-state index in [2.05, 4.69) is 10.3 Å². The van der Waals surface area contributed by atoms with Crippen LogP contribution in [-0.4, -0.2) is 59.6 Å². The van der Waals surface area contributed by atoms with E-state index in [1.807, 2.05) is 24.3 Å². The number of methoxy groups -OCH3 is 1. The van der Waals surface area contributed by atoms with Crippen LogP contribution in [0.2, 0.25) is 0 Å². The van der Waals surface area contributed by atoms with Gasteiger partial charge < -0.3 is 15.0 Å². The highest BCUT2D eigenvalue weighted by atomic mass is 32.1. The van der Waals surface area contributed by atoms with Crippen LogP contribution in [0.3, 0.4) is 0 Å². The van der Waals surface area contributed by atoms with Gasteiger partial charge in [-0.25, -0.2) is 9.78 Å². The van der Waals surface area contributed by atoms with E-state index in [9.17, 15) is 14.4 Å². The fraction of sp³-hybridized carbons (Fsp3) is 0.364. The molecule has 0 aliphatic carbocycles. The van der Waals surface area contributed by atoms with Crippen LogP contribution in [0.5, 0.6) is 0 Å². The molecular weight excluding hydrogens is 416 g/mol. The molecule has 0 bridgehead atoms. The van der Waals surface area contributed by atoms with Gasteiger partial charge in [-0.1, -0.05) is 18.2 Å². The molecule has 0 spiro atoms. The minimum absolute atomic E-state index is 0.0336. The van der Waals surface area contributed by atoms with E-state index in [0.717, 1.165) is 22.1 Å². The first-order valence-electron chi connectivity index (χ1n) is 10.2. The summed E-state index contributed by atoms with van der Waals surface area (Å²) in [5.41, 5.74) is 0.565. The van der Waals surface area contributed by atoms with Gasteiger partial charge in [0.25, 0.3) is 5.91 Å². The molecule has 2 amide bonds. The number of likely N-dealkylation sites (tertiary alicyclic amines) is 1. The number of thiophene rings is 1. The highest BCUT2D eigenvalue weighted by Gasteiger charge is 2.32. The Labute approximate surface area is 183 Å².